The maximum absolute atomic E-state index is 11.5. The molecule has 0 amide bonds. The van der Waals surface area contributed by atoms with Crippen LogP contribution in [0.2, 0.25) is 0 Å². The fourth-order valence-electron chi connectivity index (χ4n) is 1.67. The molecule has 0 aliphatic heterocycles. The summed E-state index contributed by atoms with van der Waals surface area (Å²) in [6.45, 7) is 6.80. The largest absolute Gasteiger partial charge is 0.374 e. The first-order valence-electron chi connectivity index (χ1n) is 5.28. The Kier molecular flexibility index (Phi) is 4.50. The van der Waals surface area contributed by atoms with E-state index in [1.165, 1.54) is 11.1 Å². The second-order valence-corrected chi connectivity index (χ2v) is 3.85. The van der Waals surface area contributed by atoms with Crippen LogP contribution in [0.1, 0.15) is 23.6 Å². The molecular weight excluding hydrogens is 188 g/mol. The van der Waals surface area contributed by atoms with E-state index in [1.54, 1.807) is 0 Å². The van der Waals surface area contributed by atoms with Crippen molar-refractivity contribution < 1.29 is 9.53 Å². The van der Waals surface area contributed by atoms with Gasteiger partial charge in [-0.25, -0.2) is 0 Å². The second-order valence-electron chi connectivity index (χ2n) is 3.85. The zero-order valence-corrected chi connectivity index (χ0v) is 9.67. The lowest BCUT2D eigenvalue weighted by Gasteiger charge is -2.04. The van der Waals surface area contributed by atoms with Crippen molar-refractivity contribution >= 4 is 5.78 Å². The molecule has 0 atom stereocenters. The van der Waals surface area contributed by atoms with Crippen LogP contribution in [0, 0.1) is 13.8 Å². The van der Waals surface area contributed by atoms with Gasteiger partial charge < -0.3 is 4.74 Å². The van der Waals surface area contributed by atoms with Crippen molar-refractivity contribution in [3.05, 3.63) is 34.9 Å². The topological polar surface area (TPSA) is 26.3 Å². The molecule has 15 heavy (non-hydrogen) atoms. The molecule has 1 rings (SSSR count). The van der Waals surface area contributed by atoms with E-state index in [-0.39, 0.29) is 12.4 Å². The molecule has 1 aromatic carbocycles. The average Bonchev–Trinajstić information content (AvgIpc) is 2.13. The van der Waals surface area contributed by atoms with Crippen LogP contribution in [0.4, 0.5) is 0 Å². The quantitative estimate of drug-likeness (QED) is 0.739. The van der Waals surface area contributed by atoms with Gasteiger partial charge in [-0.05, 0) is 26.3 Å². The Morgan fingerprint density at radius 3 is 2.33 bits per heavy atom. The lowest BCUT2D eigenvalue weighted by molar-refractivity contribution is -0.122. The molecule has 0 saturated carbocycles. The third-order valence-corrected chi connectivity index (χ3v) is 2.15. The number of hydrogen-bond donors (Lipinski definition) is 0. The molecule has 1 aromatic rings. The molecule has 0 aliphatic rings. The van der Waals surface area contributed by atoms with Gasteiger partial charge in [-0.15, -0.1) is 0 Å². The Morgan fingerprint density at radius 1 is 1.20 bits per heavy atom. The molecule has 0 spiro atoms. The number of carbonyl (C=O) groups is 1. The van der Waals surface area contributed by atoms with Crippen LogP contribution in [-0.4, -0.2) is 19.0 Å². The summed E-state index contributed by atoms with van der Waals surface area (Å²) < 4.78 is 5.08. The zero-order chi connectivity index (χ0) is 11.3. The molecule has 0 bridgehead atoms. The summed E-state index contributed by atoms with van der Waals surface area (Å²) in [4.78, 5) is 11.5. The summed E-state index contributed by atoms with van der Waals surface area (Å²) in [6.07, 6.45) is 0.475. The smallest absolute Gasteiger partial charge is 0.162 e. The number of benzene rings is 1. The Morgan fingerprint density at radius 2 is 1.80 bits per heavy atom. The lowest BCUT2D eigenvalue weighted by Crippen LogP contribution is -2.11. The van der Waals surface area contributed by atoms with E-state index >= 15 is 0 Å². The second kappa shape index (κ2) is 5.66. The molecule has 0 heterocycles. The highest BCUT2D eigenvalue weighted by Gasteiger charge is 2.04. The van der Waals surface area contributed by atoms with Crippen LogP contribution < -0.4 is 0 Å². The van der Waals surface area contributed by atoms with Gasteiger partial charge in [-0.2, -0.15) is 0 Å². The molecule has 0 unspecified atom stereocenters. The van der Waals surface area contributed by atoms with Crippen molar-refractivity contribution in [1.82, 2.24) is 0 Å². The van der Waals surface area contributed by atoms with E-state index < -0.39 is 0 Å². The van der Waals surface area contributed by atoms with Crippen LogP contribution in [0.5, 0.6) is 0 Å². The van der Waals surface area contributed by atoms with E-state index in [1.807, 2.05) is 20.8 Å². The van der Waals surface area contributed by atoms with Crippen molar-refractivity contribution in [1.29, 1.82) is 0 Å². The third kappa shape index (κ3) is 4.26. The first-order valence-corrected chi connectivity index (χ1v) is 5.28. The fraction of sp³-hybridized carbons (Fsp3) is 0.462. The summed E-state index contributed by atoms with van der Waals surface area (Å²) in [5, 5.41) is 0. The summed E-state index contributed by atoms with van der Waals surface area (Å²) in [5.74, 6) is 0.141. The Hall–Kier alpha value is -1.15. The monoisotopic (exact) mass is 206 g/mol. The Labute approximate surface area is 91.3 Å². The SMILES string of the molecule is CCOCC(=O)Cc1cc(C)cc(C)c1. The third-order valence-electron chi connectivity index (χ3n) is 2.15. The standard InChI is InChI=1S/C13H18O2/c1-4-15-9-13(14)8-12-6-10(2)5-11(3)7-12/h5-7H,4,8-9H2,1-3H3. The molecule has 0 aromatic heterocycles. The van der Waals surface area contributed by atoms with Crippen molar-refractivity contribution in [3.8, 4) is 0 Å². The predicted octanol–water partition coefficient (Wildman–Crippen LogP) is 2.45. The fourth-order valence-corrected chi connectivity index (χ4v) is 1.67. The van der Waals surface area contributed by atoms with Gasteiger partial charge in [0.05, 0.1) is 0 Å². The number of rotatable bonds is 5. The number of hydrogen-bond acceptors (Lipinski definition) is 2. The molecule has 0 N–H and O–H groups in total. The number of ether oxygens (including phenoxy) is 1. The average molecular weight is 206 g/mol. The van der Waals surface area contributed by atoms with Gasteiger partial charge >= 0.3 is 0 Å². The van der Waals surface area contributed by atoms with Crippen molar-refractivity contribution in [3.63, 3.8) is 0 Å². The van der Waals surface area contributed by atoms with Crippen LogP contribution >= 0.6 is 0 Å². The van der Waals surface area contributed by atoms with Crippen LogP contribution in [0.15, 0.2) is 18.2 Å². The molecular formula is C13H18O2. The minimum Gasteiger partial charge on any atom is -0.374 e. The van der Waals surface area contributed by atoms with Crippen molar-refractivity contribution in [2.75, 3.05) is 13.2 Å². The Bertz CT molecular complexity index is 322. The van der Waals surface area contributed by atoms with Gasteiger partial charge in [0, 0.05) is 13.0 Å². The number of ketones is 1. The van der Waals surface area contributed by atoms with Gasteiger partial charge in [0.1, 0.15) is 6.61 Å². The summed E-state index contributed by atoms with van der Waals surface area (Å²) in [6, 6.07) is 6.21. The summed E-state index contributed by atoms with van der Waals surface area (Å²) in [7, 11) is 0. The highest BCUT2D eigenvalue weighted by atomic mass is 16.5. The molecule has 0 aliphatic carbocycles. The van der Waals surface area contributed by atoms with Gasteiger partial charge in [0.25, 0.3) is 0 Å². The summed E-state index contributed by atoms with van der Waals surface area (Å²) >= 11 is 0. The molecule has 82 valence electrons. The number of Topliss-reactive ketones (excluding diaryl/α,β-unsaturated/α-hetero) is 1. The number of aryl methyl sites for hydroxylation is 2. The van der Waals surface area contributed by atoms with Crippen LogP contribution in [-0.2, 0) is 16.0 Å². The highest BCUT2D eigenvalue weighted by molar-refractivity contribution is 5.82. The van der Waals surface area contributed by atoms with Gasteiger partial charge in [-0.3, -0.25) is 4.79 Å². The predicted molar refractivity (Wildman–Crippen MR) is 61.1 cm³/mol. The van der Waals surface area contributed by atoms with Gasteiger partial charge in [0.15, 0.2) is 5.78 Å². The zero-order valence-electron chi connectivity index (χ0n) is 9.67. The van der Waals surface area contributed by atoms with Gasteiger partial charge in [-0.1, -0.05) is 29.3 Å². The summed E-state index contributed by atoms with van der Waals surface area (Å²) in [5.41, 5.74) is 3.49. The maximum Gasteiger partial charge on any atom is 0.162 e. The molecule has 0 saturated heterocycles. The van der Waals surface area contributed by atoms with E-state index in [2.05, 4.69) is 18.2 Å². The van der Waals surface area contributed by atoms with Gasteiger partial charge in [0.2, 0.25) is 0 Å². The van der Waals surface area contributed by atoms with Crippen LogP contribution in [0.3, 0.4) is 0 Å². The number of carbonyl (C=O) groups excluding carboxylic acids is 1. The van der Waals surface area contributed by atoms with Crippen LogP contribution in [0.25, 0.3) is 0 Å². The first kappa shape index (κ1) is 11.9. The van der Waals surface area contributed by atoms with Crippen molar-refractivity contribution in [2.24, 2.45) is 0 Å². The Balaban J connectivity index is 2.60. The van der Waals surface area contributed by atoms with E-state index in [9.17, 15) is 4.79 Å². The van der Waals surface area contributed by atoms with E-state index in [4.69, 9.17) is 4.74 Å². The minimum absolute atomic E-state index is 0.141. The lowest BCUT2D eigenvalue weighted by atomic mass is 10.0. The highest BCUT2D eigenvalue weighted by Crippen LogP contribution is 2.09. The van der Waals surface area contributed by atoms with E-state index in [0.29, 0.717) is 13.0 Å². The minimum atomic E-state index is 0.141. The normalized spacial score (nSPS) is 10.3. The van der Waals surface area contributed by atoms with E-state index in [0.717, 1.165) is 5.56 Å². The maximum atomic E-state index is 11.5. The molecule has 0 fully saturated rings. The first-order chi connectivity index (χ1) is 7.11. The van der Waals surface area contributed by atoms with Crippen molar-refractivity contribution in [2.45, 2.75) is 27.2 Å². The molecule has 2 nitrogen and oxygen atoms in total. The molecule has 2 heteroatoms. The molecule has 0 radical (unpaired) electrons.